The minimum absolute atomic E-state index is 0.193. The summed E-state index contributed by atoms with van der Waals surface area (Å²) in [7, 11) is 0. The molecule has 5 rings (SSSR count). The van der Waals surface area contributed by atoms with Crippen LogP contribution in [0.25, 0.3) is 17.3 Å². The van der Waals surface area contributed by atoms with Crippen molar-refractivity contribution in [2.45, 2.75) is 25.1 Å². The maximum atomic E-state index is 13.8. The summed E-state index contributed by atoms with van der Waals surface area (Å²) < 4.78 is 41.7. The van der Waals surface area contributed by atoms with Crippen molar-refractivity contribution in [3.8, 4) is 0 Å². The second-order valence-corrected chi connectivity index (χ2v) is 8.16. The van der Waals surface area contributed by atoms with E-state index in [2.05, 4.69) is 10.2 Å². The highest BCUT2D eigenvalue weighted by atomic mass is 19.4. The minimum Gasteiger partial charge on any atom is -0.328 e. The number of benzene rings is 2. The van der Waals surface area contributed by atoms with Gasteiger partial charge in [0.15, 0.2) is 11.5 Å². The molecule has 1 aliphatic heterocycles. The Kier molecular flexibility index (Phi) is 5.65. The first kappa shape index (κ1) is 21.9. The summed E-state index contributed by atoms with van der Waals surface area (Å²) in [6.07, 6.45) is 0.125. The second kappa shape index (κ2) is 8.78. The fourth-order valence-corrected chi connectivity index (χ4v) is 4.42. The Bertz CT molecular complexity index is 1350. The number of likely N-dealkylation sites (tertiary alicyclic amines) is 1. The third-order valence-electron chi connectivity index (χ3n) is 6.00. The van der Waals surface area contributed by atoms with Crippen LogP contribution in [0.15, 0.2) is 79.0 Å². The van der Waals surface area contributed by atoms with Crippen LogP contribution < -0.4 is 0 Å². The SMILES string of the molecule is O=C(/C(=C/c1ccccc1)c1ccccc1)N1CCCC1c1nnc2c(C(F)(F)F)cccn12. The Labute approximate surface area is 194 Å². The molecule has 1 atom stereocenters. The molecule has 2 aromatic heterocycles. The number of aromatic nitrogens is 3. The number of alkyl halides is 3. The summed E-state index contributed by atoms with van der Waals surface area (Å²) in [5.74, 6) is 0.139. The smallest absolute Gasteiger partial charge is 0.328 e. The highest BCUT2D eigenvalue weighted by molar-refractivity contribution is 6.24. The first-order chi connectivity index (χ1) is 16.4. The predicted molar refractivity (Wildman–Crippen MR) is 122 cm³/mol. The maximum Gasteiger partial charge on any atom is 0.420 e. The predicted octanol–water partition coefficient (Wildman–Crippen LogP) is 5.65. The molecule has 172 valence electrons. The summed E-state index contributed by atoms with van der Waals surface area (Å²) in [5, 5.41) is 7.93. The number of amides is 1. The number of halogens is 3. The lowest BCUT2D eigenvalue weighted by atomic mass is 10.0. The van der Waals surface area contributed by atoms with Gasteiger partial charge in [0, 0.05) is 18.3 Å². The van der Waals surface area contributed by atoms with Crippen LogP contribution >= 0.6 is 0 Å². The molecule has 0 saturated carbocycles. The van der Waals surface area contributed by atoms with E-state index >= 15 is 0 Å². The molecule has 0 bridgehead atoms. The van der Waals surface area contributed by atoms with Crippen LogP contribution in [-0.4, -0.2) is 31.9 Å². The Balaban J connectivity index is 1.55. The van der Waals surface area contributed by atoms with Crippen molar-refractivity contribution in [3.63, 3.8) is 0 Å². The van der Waals surface area contributed by atoms with Crippen molar-refractivity contribution in [3.05, 3.63) is 102 Å². The maximum absolute atomic E-state index is 13.8. The second-order valence-electron chi connectivity index (χ2n) is 8.16. The van der Waals surface area contributed by atoms with E-state index in [1.165, 1.54) is 16.7 Å². The molecule has 0 aliphatic carbocycles. The van der Waals surface area contributed by atoms with Gasteiger partial charge < -0.3 is 4.90 Å². The Hall–Kier alpha value is -3.94. The molecule has 0 spiro atoms. The third kappa shape index (κ3) is 4.07. The lowest BCUT2D eigenvalue weighted by molar-refractivity contribution is -0.136. The topological polar surface area (TPSA) is 50.5 Å². The fraction of sp³-hybridized carbons (Fsp3) is 0.192. The van der Waals surface area contributed by atoms with Gasteiger partial charge in [-0.05, 0) is 42.2 Å². The van der Waals surface area contributed by atoms with E-state index in [0.717, 1.165) is 23.6 Å². The molecule has 5 nitrogen and oxygen atoms in total. The average Bonchev–Trinajstić information content (AvgIpc) is 3.49. The van der Waals surface area contributed by atoms with E-state index in [4.69, 9.17) is 0 Å². The van der Waals surface area contributed by atoms with E-state index in [-0.39, 0.29) is 11.6 Å². The van der Waals surface area contributed by atoms with Crippen molar-refractivity contribution in [2.75, 3.05) is 6.54 Å². The highest BCUT2D eigenvalue weighted by Gasteiger charge is 2.38. The number of hydrogen-bond acceptors (Lipinski definition) is 3. The molecule has 8 heteroatoms. The lowest BCUT2D eigenvalue weighted by Crippen LogP contribution is -2.32. The minimum atomic E-state index is -4.54. The molecule has 1 aliphatic rings. The number of carbonyl (C=O) groups excluding carboxylic acids is 1. The van der Waals surface area contributed by atoms with Crippen molar-refractivity contribution < 1.29 is 18.0 Å². The van der Waals surface area contributed by atoms with Gasteiger partial charge in [0.25, 0.3) is 5.91 Å². The van der Waals surface area contributed by atoms with Crippen LogP contribution in [0.4, 0.5) is 13.2 Å². The van der Waals surface area contributed by atoms with Gasteiger partial charge in [0.2, 0.25) is 0 Å². The van der Waals surface area contributed by atoms with Gasteiger partial charge in [-0.1, -0.05) is 60.7 Å². The van der Waals surface area contributed by atoms with Gasteiger partial charge in [-0.15, -0.1) is 10.2 Å². The van der Waals surface area contributed by atoms with Gasteiger partial charge in [0.1, 0.15) is 5.56 Å². The zero-order valence-electron chi connectivity index (χ0n) is 18.1. The van der Waals surface area contributed by atoms with Crippen molar-refractivity contribution in [1.29, 1.82) is 0 Å². The number of carbonyl (C=O) groups is 1. The Morgan fingerprint density at radius 1 is 0.941 bits per heavy atom. The number of rotatable bonds is 4. The molecular formula is C26H21F3N4O. The standard InChI is InChI=1S/C26H21F3N4O/c27-26(28,29)21-13-7-16-33-23(21)30-31-24(33)22-14-8-15-32(22)25(34)20(19-11-5-2-6-12-19)17-18-9-3-1-4-10-18/h1-7,9-13,16-17,22H,8,14-15H2/b20-17+. The van der Waals surface area contributed by atoms with Crippen LogP contribution in [0.3, 0.4) is 0 Å². The van der Waals surface area contributed by atoms with Crippen molar-refractivity contribution >= 4 is 23.2 Å². The molecular weight excluding hydrogens is 441 g/mol. The number of pyridine rings is 1. The molecule has 4 aromatic rings. The van der Waals surface area contributed by atoms with Crippen LogP contribution in [0.2, 0.25) is 0 Å². The van der Waals surface area contributed by atoms with Crippen LogP contribution in [0.5, 0.6) is 0 Å². The average molecular weight is 462 g/mol. The summed E-state index contributed by atoms with van der Waals surface area (Å²) in [6.45, 7) is 0.482. The molecule has 34 heavy (non-hydrogen) atoms. The summed E-state index contributed by atoms with van der Waals surface area (Å²) in [6, 6.07) is 20.8. The summed E-state index contributed by atoms with van der Waals surface area (Å²) >= 11 is 0. The largest absolute Gasteiger partial charge is 0.420 e. The van der Waals surface area contributed by atoms with Gasteiger partial charge in [0.05, 0.1) is 6.04 Å². The van der Waals surface area contributed by atoms with Gasteiger partial charge in [-0.3, -0.25) is 9.20 Å². The third-order valence-corrected chi connectivity index (χ3v) is 6.00. The van der Waals surface area contributed by atoms with E-state index < -0.39 is 17.8 Å². The Morgan fingerprint density at radius 3 is 2.35 bits per heavy atom. The van der Waals surface area contributed by atoms with Crippen molar-refractivity contribution in [2.24, 2.45) is 0 Å². The molecule has 1 fully saturated rings. The molecule has 3 heterocycles. The summed E-state index contributed by atoms with van der Waals surface area (Å²) in [5.41, 5.74) is 1.06. The molecule has 1 unspecified atom stereocenters. The first-order valence-corrected chi connectivity index (χ1v) is 11.0. The van der Waals surface area contributed by atoms with E-state index in [9.17, 15) is 18.0 Å². The zero-order valence-corrected chi connectivity index (χ0v) is 18.1. The zero-order chi connectivity index (χ0) is 23.7. The number of fused-ring (bicyclic) bond motifs is 1. The van der Waals surface area contributed by atoms with Gasteiger partial charge >= 0.3 is 6.18 Å². The number of nitrogens with zero attached hydrogens (tertiary/aromatic N) is 4. The van der Waals surface area contributed by atoms with Crippen LogP contribution in [0.1, 0.15) is 41.4 Å². The molecule has 1 saturated heterocycles. The number of hydrogen-bond donors (Lipinski definition) is 0. The fourth-order valence-electron chi connectivity index (χ4n) is 4.42. The normalized spacial score (nSPS) is 16.9. The highest BCUT2D eigenvalue weighted by Crippen LogP contribution is 2.37. The molecule has 1 amide bonds. The van der Waals surface area contributed by atoms with Crippen LogP contribution in [-0.2, 0) is 11.0 Å². The summed E-state index contributed by atoms with van der Waals surface area (Å²) in [4.78, 5) is 15.5. The first-order valence-electron chi connectivity index (χ1n) is 11.0. The van der Waals surface area contributed by atoms with E-state index in [1.807, 2.05) is 66.7 Å². The van der Waals surface area contributed by atoms with E-state index in [1.54, 1.807) is 4.90 Å². The van der Waals surface area contributed by atoms with Gasteiger partial charge in [-0.25, -0.2) is 0 Å². The van der Waals surface area contributed by atoms with Gasteiger partial charge in [-0.2, -0.15) is 13.2 Å². The van der Waals surface area contributed by atoms with Crippen LogP contribution in [0, 0.1) is 0 Å². The van der Waals surface area contributed by atoms with Crippen molar-refractivity contribution in [1.82, 2.24) is 19.5 Å². The Morgan fingerprint density at radius 2 is 1.65 bits per heavy atom. The van der Waals surface area contributed by atoms with E-state index in [0.29, 0.717) is 24.4 Å². The molecule has 0 radical (unpaired) electrons. The molecule has 2 aromatic carbocycles. The molecule has 0 N–H and O–H groups in total. The quantitative estimate of drug-likeness (QED) is 0.291. The monoisotopic (exact) mass is 462 g/mol. The lowest BCUT2D eigenvalue weighted by Gasteiger charge is -2.25.